The van der Waals surface area contributed by atoms with Gasteiger partial charge in [0, 0.05) is 5.75 Å². The van der Waals surface area contributed by atoms with Crippen LogP contribution in [0.4, 0.5) is 0 Å². The lowest BCUT2D eigenvalue weighted by Gasteiger charge is -2.04. The van der Waals surface area contributed by atoms with Crippen LogP contribution in [0.25, 0.3) is 0 Å². The van der Waals surface area contributed by atoms with Gasteiger partial charge in [-0.3, -0.25) is 0 Å². The molecule has 0 amide bonds. The Labute approximate surface area is 146 Å². The van der Waals surface area contributed by atoms with Crippen LogP contribution in [0, 0.1) is 13.8 Å². The maximum atomic E-state index is 5.75. The van der Waals surface area contributed by atoms with Crippen LogP contribution in [0.3, 0.4) is 0 Å². The molecule has 4 nitrogen and oxygen atoms in total. The van der Waals surface area contributed by atoms with Crippen molar-refractivity contribution in [2.45, 2.75) is 31.2 Å². The van der Waals surface area contributed by atoms with Crippen molar-refractivity contribution in [1.29, 1.82) is 0 Å². The van der Waals surface area contributed by atoms with Crippen LogP contribution < -0.4 is 4.74 Å². The second kappa shape index (κ2) is 7.53. The average Bonchev–Trinajstić information content (AvgIpc) is 3.04. The molecule has 1 aromatic heterocycles. The van der Waals surface area contributed by atoms with Crippen LogP contribution >= 0.6 is 11.8 Å². The minimum Gasteiger partial charge on any atom is -0.497 e. The van der Waals surface area contributed by atoms with E-state index in [2.05, 4.69) is 42.2 Å². The van der Waals surface area contributed by atoms with Crippen LogP contribution in [0.15, 0.2) is 52.1 Å². The first-order valence-electron chi connectivity index (χ1n) is 7.78. The molecule has 0 spiro atoms. The van der Waals surface area contributed by atoms with Gasteiger partial charge in [0.15, 0.2) is 0 Å². The molecule has 3 rings (SSSR count). The number of ether oxygens (including phenoxy) is 1. The number of nitrogens with zero attached hydrogens (tertiary/aromatic N) is 2. The zero-order valence-electron chi connectivity index (χ0n) is 14.1. The van der Waals surface area contributed by atoms with Gasteiger partial charge in [-0.15, -0.1) is 10.2 Å². The lowest BCUT2D eigenvalue weighted by Crippen LogP contribution is -1.89. The first-order valence-corrected chi connectivity index (χ1v) is 8.77. The number of rotatable bonds is 6. The number of hydrogen-bond acceptors (Lipinski definition) is 5. The third-order valence-electron chi connectivity index (χ3n) is 3.82. The number of thioether (sulfide) groups is 1. The standard InChI is InChI=1S/C19H20N2O2S/c1-13-4-5-14(2)16(10-13)12-24-19-21-20-18(23-19)11-15-6-8-17(22-3)9-7-15/h4-10H,11-12H2,1-3H3. The number of aromatic nitrogens is 2. The maximum absolute atomic E-state index is 5.75. The van der Waals surface area contributed by atoms with Crippen LogP contribution in [-0.4, -0.2) is 17.3 Å². The van der Waals surface area contributed by atoms with Gasteiger partial charge in [0.1, 0.15) is 5.75 Å². The van der Waals surface area contributed by atoms with Gasteiger partial charge in [-0.2, -0.15) is 0 Å². The Balaban J connectivity index is 1.61. The van der Waals surface area contributed by atoms with E-state index in [9.17, 15) is 0 Å². The molecule has 0 fully saturated rings. The minimum absolute atomic E-state index is 0.611. The van der Waals surface area contributed by atoms with Crippen molar-refractivity contribution in [2.24, 2.45) is 0 Å². The summed E-state index contributed by atoms with van der Waals surface area (Å²) in [5.74, 6) is 2.30. The van der Waals surface area contributed by atoms with Crippen LogP contribution in [0.5, 0.6) is 5.75 Å². The minimum atomic E-state index is 0.611. The smallest absolute Gasteiger partial charge is 0.276 e. The van der Waals surface area contributed by atoms with Crippen molar-refractivity contribution in [1.82, 2.24) is 10.2 Å². The summed E-state index contributed by atoms with van der Waals surface area (Å²) in [7, 11) is 1.66. The van der Waals surface area contributed by atoms with E-state index in [0.29, 0.717) is 17.5 Å². The van der Waals surface area contributed by atoms with Crippen LogP contribution in [0.1, 0.15) is 28.1 Å². The maximum Gasteiger partial charge on any atom is 0.276 e. The summed E-state index contributed by atoms with van der Waals surface area (Å²) in [6, 6.07) is 14.4. The molecule has 0 unspecified atom stereocenters. The van der Waals surface area contributed by atoms with Crippen LogP contribution in [0.2, 0.25) is 0 Å². The number of aryl methyl sites for hydroxylation is 2. The van der Waals surface area contributed by atoms with E-state index in [-0.39, 0.29) is 0 Å². The third kappa shape index (κ3) is 4.17. The van der Waals surface area contributed by atoms with E-state index < -0.39 is 0 Å². The quantitative estimate of drug-likeness (QED) is 0.615. The molecule has 2 aromatic carbocycles. The Hall–Kier alpha value is -2.27. The largest absolute Gasteiger partial charge is 0.497 e. The molecular weight excluding hydrogens is 320 g/mol. The summed E-state index contributed by atoms with van der Waals surface area (Å²) in [6.07, 6.45) is 0.626. The molecule has 0 saturated carbocycles. The first-order chi connectivity index (χ1) is 11.6. The summed E-state index contributed by atoms with van der Waals surface area (Å²) < 4.78 is 10.9. The highest BCUT2D eigenvalue weighted by molar-refractivity contribution is 7.98. The molecule has 0 aliphatic heterocycles. The summed E-state index contributed by atoms with van der Waals surface area (Å²) in [5, 5.41) is 8.88. The summed E-state index contributed by atoms with van der Waals surface area (Å²) >= 11 is 1.57. The number of methoxy groups -OCH3 is 1. The molecule has 3 aromatic rings. The van der Waals surface area contributed by atoms with Gasteiger partial charge in [0.05, 0.1) is 13.5 Å². The zero-order chi connectivity index (χ0) is 16.9. The van der Waals surface area contributed by atoms with E-state index in [1.165, 1.54) is 16.7 Å². The highest BCUT2D eigenvalue weighted by Crippen LogP contribution is 2.24. The highest BCUT2D eigenvalue weighted by atomic mass is 32.2. The molecule has 5 heteroatoms. The molecule has 0 aliphatic carbocycles. The molecule has 0 atom stereocenters. The van der Waals surface area contributed by atoms with E-state index >= 15 is 0 Å². The molecule has 0 N–H and O–H groups in total. The van der Waals surface area contributed by atoms with Crippen molar-refractivity contribution in [2.75, 3.05) is 7.11 Å². The number of hydrogen-bond donors (Lipinski definition) is 0. The third-order valence-corrected chi connectivity index (χ3v) is 4.69. The predicted octanol–water partition coefficient (Wildman–Crippen LogP) is 4.58. The fraction of sp³-hybridized carbons (Fsp3) is 0.263. The van der Waals surface area contributed by atoms with Gasteiger partial charge in [-0.25, -0.2) is 0 Å². The Kier molecular flexibility index (Phi) is 5.20. The monoisotopic (exact) mass is 340 g/mol. The van der Waals surface area contributed by atoms with E-state index in [0.717, 1.165) is 17.1 Å². The zero-order valence-corrected chi connectivity index (χ0v) is 14.9. The van der Waals surface area contributed by atoms with Gasteiger partial charge < -0.3 is 9.15 Å². The summed E-state index contributed by atoms with van der Waals surface area (Å²) in [6.45, 7) is 4.23. The predicted molar refractivity (Wildman–Crippen MR) is 95.6 cm³/mol. The fourth-order valence-electron chi connectivity index (χ4n) is 2.38. The molecular formula is C19H20N2O2S. The van der Waals surface area contributed by atoms with Gasteiger partial charge >= 0.3 is 0 Å². The lowest BCUT2D eigenvalue weighted by molar-refractivity contribution is 0.413. The topological polar surface area (TPSA) is 48.2 Å². The molecule has 0 aliphatic rings. The SMILES string of the molecule is COc1ccc(Cc2nnc(SCc3cc(C)ccc3C)o2)cc1. The van der Waals surface area contributed by atoms with Crippen molar-refractivity contribution in [3.8, 4) is 5.75 Å². The van der Waals surface area contributed by atoms with Crippen molar-refractivity contribution in [3.05, 3.63) is 70.6 Å². The molecule has 24 heavy (non-hydrogen) atoms. The van der Waals surface area contributed by atoms with Crippen molar-refractivity contribution >= 4 is 11.8 Å². The van der Waals surface area contributed by atoms with Gasteiger partial charge in [0.2, 0.25) is 5.89 Å². The van der Waals surface area contributed by atoms with E-state index in [1.807, 2.05) is 24.3 Å². The molecule has 0 saturated heterocycles. The fourth-order valence-corrected chi connectivity index (χ4v) is 3.22. The van der Waals surface area contributed by atoms with Gasteiger partial charge in [0.25, 0.3) is 5.22 Å². The van der Waals surface area contributed by atoms with E-state index in [1.54, 1.807) is 18.9 Å². The molecule has 1 heterocycles. The molecule has 124 valence electrons. The Morgan fingerprint density at radius 1 is 1.04 bits per heavy atom. The number of benzene rings is 2. The second-order valence-electron chi connectivity index (χ2n) is 5.71. The van der Waals surface area contributed by atoms with Crippen molar-refractivity contribution in [3.63, 3.8) is 0 Å². The summed E-state index contributed by atoms with van der Waals surface area (Å²) in [4.78, 5) is 0. The van der Waals surface area contributed by atoms with Crippen LogP contribution in [-0.2, 0) is 12.2 Å². The molecule has 0 bridgehead atoms. The average molecular weight is 340 g/mol. The Morgan fingerprint density at radius 2 is 1.83 bits per heavy atom. The van der Waals surface area contributed by atoms with E-state index in [4.69, 9.17) is 9.15 Å². The Bertz CT molecular complexity index is 812. The summed E-state index contributed by atoms with van der Waals surface area (Å²) in [5.41, 5.74) is 4.97. The Morgan fingerprint density at radius 3 is 2.58 bits per heavy atom. The lowest BCUT2D eigenvalue weighted by atomic mass is 10.1. The first kappa shape index (κ1) is 16.6. The second-order valence-corrected chi connectivity index (χ2v) is 6.63. The van der Waals surface area contributed by atoms with Crippen molar-refractivity contribution < 1.29 is 9.15 Å². The highest BCUT2D eigenvalue weighted by Gasteiger charge is 2.09. The molecule has 0 radical (unpaired) electrons. The van der Waals surface area contributed by atoms with Gasteiger partial charge in [-0.05, 0) is 42.7 Å². The normalized spacial score (nSPS) is 10.8. The van der Waals surface area contributed by atoms with Gasteiger partial charge in [-0.1, -0.05) is 47.7 Å².